The lowest BCUT2D eigenvalue weighted by Gasteiger charge is -2.15. The number of nitrogens with zero attached hydrogens (tertiary/aromatic N) is 3. The van der Waals surface area contributed by atoms with Crippen molar-refractivity contribution >= 4 is 53.1 Å². The molecular formula is C17H17Cl2F2IN6O2. The Labute approximate surface area is 197 Å². The minimum atomic E-state index is -3.01. The fourth-order valence-corrected chi connectivity index (χ4v) is 3.00. The second-order valence-corrected chi connectivity index (χ2v) is 6.46. The van der Waals surface area contributed by atoms with Gasteiger partial charge in [-0.3, -0.25) is 10.1 Å². The topological polar surface area (TPSA) is 100 Å². The molecule has 13 heteroatoms. The summed E-state index contributed by atoms with van der Waals surface area (Å²) >= 11 is 11.9. The molecule has 0 spiro atoms. The molecule has 0 saturated carbocycles. The van der Waals surface area contributed by atoms with E-state index in [4.69, 9.17) is 27.6 Å². The molecule has 0 unspecified atom stereocenters. The lowest BCUT2D eigenvalue weighted by molar-refractivity contribution is -0.0504. The number of rotatable bonds is 7. The second kappa shape index (κ2) is 11.3. The van der Waals surface area contributed by atoms with Gasteiger partial charge in [0.15, 0.2) is 11.7 Å². The van der Waals surface area contributed by atoms with E-state index < -0.39 is 6.61 Å². The quantitative estimate of drug-likeness (QED) is 0.220. The Morgan fingerprint density at radius 3 is 2.73 bits per heavy atom. The van der Waals surface area contributed by atoms with Gasteiger partial charge in [0.2, 0.25) is 5.82 Å². The van der Waals surface area contributed by atoms with Gasteiger partial charge >= 0.3 is 6.61 Å². The number of aromatic amines is 1. The van der Waals surface area contributed by atoms with Crippen molar-refractivity contribution in [1.82, 2.24) is 25.8 Å². The third-order valence-electron chi connectivity index (χ3n) is 3.66. The standard InChI is InChI=1S/C17H16Cl2F2N6O2.HI/c1-22-17(24-8-13-25-15(27-26-13)12-3-2-4-28-12)23-7-9-5-10(18)6-11(19)14(9)29-16(20)21;/h2-6,16H,7-8H2,1H3,(H2,22,23,24)(H,25,26,27);1H. The van der Waals surface area contributed by atoms with E-state index in [1.54, 1.807) is 19.2 Å². The van der Waals surface area contributed by atoms with Crippen LogP contribution in [0.15, 0.2) is 39.9 Å². The van der Waals surface area contributed by atoms with Crippen LogP contribution < -0.4 is 15.4 Å². The number of hydrogen-bond donors (Lipinski definition) is 3. The highest BCUT2D eigenvalue weighted by Gasteiger charge is 2.16. The van der Waals surface area contributed by atoms with Crippen molar-refractivity contribution in [3.63, 3.8) is 0 Å². The Bertz CT molecular complexity index is 985. The number of furan rings is 1. The number of aliphatic imine (C=N–C) groups is 1. The first-order chi connectivity index (χ1) is 14.0. The Morgan fingerprint density at radius 1 is 1.30 bits per heavy atom. The van der Waals surface area contributed by atoms with Gasteiger partial charge in [0.25, 0.3) is 0 Å². The zero-order valence-electron chi connectivity index (χ0n) is 15.5. The summed E-state index contributed by atoms with van der Waals surface area (Å²) in [6, 6.07) is 6.30. The highest BCUT2D eigenvalue weighted by atomic mass is 127. The second-order valence-electron chi connectivity index (χ2n) is 5.62. The number of alkyl halides is 2. The summed E-state index contributed by atoms with van der Waals surface area (Å²) in [5, 5.41) is 13.1. The lowest BCUT2D eigenvalue weighted by Crippen LogP contribution is -2.36. The van der Waals surface area contributed by atoms with E-state index in [0.717, 1.165) is 0 Å². The third kappa shape index (κ3) is 6.44. The highest BCUT2D eigenvalue weighted by molar-refractivity contribution is 14.0. The maximum Gasteiger partial charge on any atom is 0.387 e. The molecule has 1 aromatic carbocycles. The number of aromatic nitrogens is 3. The molecule has 3 aromatic rings. The van der Waals surface area contributed by atoms with E-state index in [0.29, 0.717) is 34.0 Å². The van der Waals surface area contributed by atoms with Gasteiger partial charge in [0, 0.05) is 24.2 Å². The summed E-state index contributed by atoms with van der Waals surface area (Å²) in [4.78, 5) is 8.37. The molecule has 0 bridgehead atoms. The molecule has 2 aromatic heterocycles. The van der Waals surface area contributed by atoms with Crippen molar-refractivity contribution in [2.45, 2.75) is 19.7 Å². The molecule has 0 atom stereocenters. The van der Waals surface area contributed by atoms with E-state index in [-0.39, 0.29) is 47.8 Å². The molecule has 2 heterocycles. The summed E-state index contributed by atoms with van der Waals surface area (Å²) in [5.41, 5.74) is 0.352. The first kappa shape index (κ1) is 24.2. The third-order valence-corrected chi connectivity index (χ3v) is 4.16. The molecule has 162 valence electrons. The Kier molecular flexibility index (Phi) is 9.11. The first-order valence-corrected chi connectivity index (χ1v) is 9.04. The fourth-order valence-electron chi connectivity index (χ4n) is 2.42. The molecule has 30 heavy (non-hydrogen) atoms. The van der Waals surface area contributed by atoms with Gasteiger partial charge in [-0.25, -0.2) is 4.98 Å². The van der Waals surface area contributed by atoms with Crippen LogP contribution in [0.1, 0.15) is 11.4 Å². The maximum atomic E-state index is 12.7. The van der Waals surface area contributed by atoms with Crippen molar-refractivity contribution in [2.75, 3.05) is 7.05 Å². The summed E-state index contributed by atoms with van der Waals surface area (Å²) in [6.45, 7) is -2.64. The average molecular weight is 573 g/mol. The largest absolute Gasteiger partial charge is 0.461 e. The Morgan fingerprint density at radius 2 is 2.07 bits per heavy atom. The molecule has 8 nitrogen and oxygen atoms in total. The van der Waals surface area contributed by atoms with Gasteiger partial charge in [-0.15, -0.1) is 29.1 Å². The molecular weight excluding hydrogens is 556 g/mol. The van der Waals surface area contributed by atoms with E-state index >= 15 is 0 Å². The van der Waals surface area contributed by atoms with Crippen molar-refractivity contribution in [2.24, 2.45) is 4.99 Å². The molecule has 0 fully saturated rings. The Balaban J connectivity index is 0.00000320. The zero-order chi connectivity index (χ0) is 20.8. The van der Waals surface area contributed by atoms with Crippen LogP contribution in [-0.2, 0) is 13.1 Å². The molecule has 3 N–H and O–H groups in total. The summed E-state index contributed by atoms with van der Waals surface area (Å²) in [6.07, 6.45) is 1.53. The molecule has 0 amide bonds. The van der Waals surface area contributed by atoms with Crippen LogP contribution in [0, 0.1) is 0 Å². The van der Waals surface area contributed by atoms with Crippen LogP contribution >= 0.6 is 47.2 Å². The number of hydrogen-bond acceptors (Lipinski definition) is 5. The summed E-state index contributed by atoms with van der Waals surface area (Å²) in [5.74, 6) is 1.76. The first-order valence-electron chi connectivity index (χ1n) is 8.28. The van der Waals surface area contributed by atoms with Crippen LogP contribution in [0.4, 0.5) is 8.78 Å². The van der Waals surface area contributed by atoms with E-state index in [9.17, 15) is 8.78 Å². The average Bonchev–Trinajstić information content (AvgIpc) is 3.35. The minimum absolute atomic E-state index is 0. The molecule has 0 aliphatic carbocycles. The molecule has 0 aliphatic rings. The summed E-state index contributed by atoms with van der Waals surface area (Å²) < 4.78 is 35.1. The van der Waals surface area contributed by atoms with Gasteiger partial charge in [-0.2, -0.15) is 8.78 Å². The van der Waals surface area contributed by atoms with Crippen molar-refractivity contribution < 1.29 is 17.9 Å². The smallest absolute Gasteiger partial charge is 0.387 e. The lowest BCUT2D eigenvalue weighted by atomic mass is 10.2. The molecule has 3 rings (SSSR count). The number of halogens is 5. The zero-order valence-corrected chi connectivity index (χ0v) is 19.3. The highest BCUT2D eigenvalue weighted by Crippen LogP contribution is 2.33. The molecule has 0 saturated heterocycles. The number of guanidine groups is 1. The van der Waals surface area contributed by atoms with Crippen molar-refractivity contribution in [1.29, 1.82) is 0 Å². The molecule has 0 aliphatic heterocycles. The van der Waals surface area contributed by atoms with Crippen LogP contribution in [0.25, 0.3) is 11.6 Å². The number of H-pyrrole nitrogens is 1. The number of benzene rings is 1. The van der Waals surface area contributed by atoms with Crippen LogP contribution in [0.3, 0.4) is 0 Å². The maximum absolute atomic E-state index is 12.7. The van der Waals surface area contributed by atoms with Crippen molar-refractivity contribution in [3.8, 4) is 17.3 Å². The monoisotopic (exact) mass is 572 g/mol. The molecule has 0 radical (unpaired) electrons. The van der Waals surface area contributed by atoms with E-state index in [1.165, 1.54) is 18.4 Å². The van der Waals surface area contributed by atoms with Gasteiger partial charge in [0.1, 0.15) is 11.6 Å². The van der Waals surface area contributed by atoms with E-state index in [2.05, 4.69) is 35.5 Å². The normalized spacial score (nSPS) is 11.3. The predicted octanol–water partition coefficient (Wildman–Crippen LogP) is 4.46. The van der Waals surface area contributed by atoms with Gasteiger partial charge in [-0.05, 0) is 24.3 Å². The minimum Gasteiger partial charge on any atom is -0.461 e. The number of ether oxygens (including phenoxy) is 1. The van der Waals surface area contributed by atoms with Crippen LogP contribution in [-0.4, -0.2) is 34.8 Å². The van der Waals surface area contributed by atoms with Crippen LogP contribution in [0.2, 0.25) is 10.0 Å². The van der Waals surface area contributed by atoms with Crippen molar-refractivity contribution in [3.05, 3.63) is 52.0 Å². The van der Waals surface area contributed by atoms with Gasteiger partial charge in [-0.1, -0.05) is 23.2 Å². The fraction of sp³-hybridized carbons (Fsp3) is 0.235. The van der Waals surface area contributed by atoms with E-state index in [1.807, 2.05) is 0 Å². The number of nitrogens with one attached hydrogen (secondary N) is 3. The summed E-state index contributed by atoms with van der Waals surface area (Å²) in [7, 11) is 1.56. The van der Waals surface area contributed by atoms with Gasteiger partial charge < -0.3 is 19.8 Å². The van der Waals surface area contributed by atoms with Crippen LogP contribution in [0.5, 0.6) is 5.75 Å². The van der Waals surface area contributed by atoms with Gasteiger partial charge in [0.05, 0.1) is 17.8 Å². The Hall–Kier alpha value is -2.12. The predicted molar refractivity (Wildman–Crippen MR) is 120 cm³/mol. The SMILES string of the molecule is CN=C(NCc1nc(-c2ccco2)n[nH]1)NCc1cc(Cl)cc(Cl)c1OC(F)F.I.